The number of amides is 2. The number of sulfonamides is 1. The summed E-state index contributed by atoms with van der Waals surface area (Å²) in [6.07, 6.45) is 0.751. The smallest absolute Gasteiger partial charge is 0.264 e. The fraction of sp³-hybridized carbons (Fsp3) is 0.333. The van der Waals surface area contributed by atoms with E-state index in [4.69, 9.17) is 0 Å². The molecule has 0 aliphatic rings. The van der Waals surface area contributed by atoms with Crippen LogP contribution in [0.2, 0.25) is 0 Å². The van der Waals surface area contributed by atoms with Crippen molar-refractivity contribution in [2.75, 3.05) is 10.8 Å². The van der Waals surface area contributed by atoms with Gasteiger partial charge in [-0.1, -0.05) is 61.5 Å². The Morgan fingerprint density at radius 3 is 1.97 bits per heavy atom. The Balaban J connectivity index is 2.03. The molecule has 2 atom stereocenters. The van der Waals surface area contributed by atoms with Gasteiger partial charge in [-0.05, 0) is 75.1 Å². The number of nitrogens with zero attached hydrogens (tertiary/aromatic N) is 2. The van der Waals surface area contributed by atoms with E-state index in [2.05, 4.69) is 5.32 Å². The van der Waals surface area contributed by atoms with Crippen LogP contribution in [-0.2, 0) is 26.2 Å². The topological polar surface area (TPSA) is 86.8 Å². The molecule has 0 saturated heterocycles. The van der Waals surface area contributed by atoms with Crippen LogP contribution in [0.4, 0.5) is 5.69 Å². The van der Waals surface area contributed by atoms with Crippen molar-refractivity contribution < 1.29 is 18.0 Å². The van der Waals surface area contributed by atoms with Crippen molar-refractivity contribution in [3.8, 4) is 0 Å². The molecule has 0 aromatic heterocycles. The second-order valence-electron chi connectivity index (χ2n) is 9.67. The summed E-state index contributed by atoms with van der Waals surface area (Å²) in [7, 11) is -4.07. The molecule has 0 radical (unpaired) electrons. The van der Waals surface area contributed by atoms with Gasteiger partial charge in [-0.2, -0.15) is 0 Å². The number of nitrogens with one attached hydrogen (secondary N) is 1. The van der Waals surface area contributed by atoms with Crippen molar-refractivity contribution in [1.29, 1.82) is 0 Å². The number of carbonyl (C=O) groups excluding carboxylic acids is 2. The minimum Gasteiger partial charge on any atom is -0.352 e. The molecule has 0 spiro atoms. The van der Waals surface area contributed by atoms with Gasteiger partial charge in [0.1, 0.15) is 12.6 Å². The van der Waals surface area contributed by atoms with Gasteiger partial charge in [0.05, 0.1) is 10.6 Å². The van der Waals surface area contributed by atoms with Crippen molar-refractivity contribution >= 4 is 27.5 Å². The van der Waals surface area contributed by atoms with Gasteiger partial charge in [-0.15, -0.1) is 0 Å². The van der Waals surface area contributed by atoms with E-state index in [0.29, 0.717) is 5.69 Å². The number of aryl methyl sites for hydroxylation is 2. The fourth-order valence-electron chi connectivity index (χ4n) is 4.17. The van der Waals surface area contributed by atoms with E-state index in [0.717, 1.165) is 27.4 Å². The van der Waals surface area contributed by atoms with E-state index in [1.165, 1.54) is 17.0 Å². The zero-order valence-corrected chi connectivity index (χ0v) is 23.5. The summed E-state index contributed by atoms with van der Waals surface area (Å²) in [4.78, 5) is 28.5. The van der Waals surface area contributed by atoms with Crippen LogP contribution in [-0.4, -0.2) is 43.8 Å². The maximum atomic E-state index is 13.9. The molecular formula is C30H37N3O4S. The number of rotatable bonds is 11. The molecule has 3 aromatic carbocycles. The Morgan fingerprint density at radius 1 is 0.868 bits per heavy atom. The summed E-state index contributed by atoms with van der Waals surface area (Å²) in [5.41, 5.74) is 3.00. The maximum Gasteiger partial charge on any atom is 0.264 e. The van der Waals surface area contributed by atoms with Crippen LogP contribution in [0.3, 0.4) is 0 Å². The monoisotopic (exact) mass is 535 g/mol. The molecule has 3 aromatic rings. The first-order chi connectivity index (χ1) is 18.0. The number of anilines is 1. The second-order valence-corrected chi connectivity index (χ2v) is 11.5. The molecule has 0 unspecified atom stereocenters. The number of carbonyl (C=O) groups is 2. The Hall–Kier alpha value is -3.65. The standard InChI is InChI=1S/C30H37N3O4S/c1-6-24(4)31-30(35)25(5)32(20-26-13-9-7-10-14-26)29(34)21-33(27-18-22(2)17-23(3)19-27)38(36,37)28-15-11-8-12-16-28/h7-19,24-25H,6,20-21H2,1-5H3,(H,31,35)/t24-,25-/m1/s1. The molecule has 0 bridgehead atoms. The Bertz CT molecular complexity index is 1320. The molecule has 1 N–H and O–H groups in total. The molecule has 0 aliphatic carbocycles. The first-order valence-electron chi connectivity index (χ1n) is 12.8. The van der Waals surface area contributed by atoms with Gasteiger partial charge < -0.3 is 10.2 Å². The highest BCUT2D eigenvalue weighted by molar-refractivity contribution is 7.92. The lowest BCUT2D eigenvalue weighted by Crippen LogP contribution is -2.52. The lowest BCUT2D eigenvalue weighted by atomic mass is 10.1. The molecule has 0 aliphatic heterocycles. The molecule has 0 heterocycles. The second kappa shape index (κ2) is 12.7. The highest BCUT2D eigenvalue weighted by Gasteiger charge is 2.32. The van der Waals surface area contributed by atoms with E-state index >= 15 is 0 Å². The van der Waals surface area contributed by atoms with Crippen molar-refractivity contribution in [2.24, 2.45) is 0 Å². The Morgan fingerprint density at radius 2 is 1.42 bits per heavy atom. The molecule has 2 amide bonds. The fourth-order valence-corrected chi connectivity index (χ4v) is 5.59. The van der Waals surface area contributed by atoms with Crippen LogP contribution in [0, 0.1) is 13.8 Å². The zero-order valence-electron chi connectivity index (χ0n) is 22.7. The third kappa shape index (κ3) is 7.22. The quantitative estimate of drug-likeness (QED) is 0.381. The summed E-state index contributed by atoms with van der Waals surface area (Å²) < 4.78 is 28.8. The number of benzene rings is 3. The highest BCUT2D eigenvalue weighted by atomic mass is 32.2. The molecular weight excluding hydrogens is 498 g/mol. The van der Waals surface area contributed by atoms with Crippen LogP contribution in [0.25, 0.3) is 0 Å². The van der Waals surface area contributed by atoms with Crippen molar-refractivity contribution in [1.82, 2.24) is 10.2 Å². The average molecular weight is 536 g/mol. The van der Waals surface area contributed by atoms with E-state index in [-0.39, 0.29) is 23.4 Å². The van der Waals surface area contributed by atoms with Gasteiger partial charge in [0.2, 0.25) is 11.8 Å². The normalized spacial score (nSPS) is 12.9. The summed E-state index contributed by atoms with van der Waals surface area (Å²) in [6.45, 7) is 9.03. The molecule has 0 fully saturated rings. The highest BCUT2D eigenvalue weighted by Crippen LogP contribution is 2.26. The lowest BCUT2D eigenvalue weighted by Gasteiger charge is -2.32. The Labute approximate surface area is 226 Å². The predicted molar refractivity (Wildman–Crippen MR) is 151 cm³/mol. The minimum atomic E-state index is -4.07. The van der Waals surface area contributed by atoms with Gasteiger partial charge in [0.25, 0.3) is 10.0 Å². The summed E-state index contributed by atoms with van der Waals surface area (Å²) in [5.74, 6) is -0.758. The van der Waals surface area contributed by atoms with Crippen LogP contribution in [0.15, 0.2) is 83.8 Å². The first-order valence-corrected chi connectivity index (χ1v) is 14.3. The number of hydrogen-bond donors (Lipinski definition) is 1. The van der Waals surface area contributed by atoms with E-state index in [9.17, 15) is 18.0 Å². The summed E-state index contributed by atoms with van der Waals surface area (Å²) >= 11 is 0. The van der Waals surface area contributed by atoms with Gasteiger partial charge >= 0.3 is 0 Å². The van der Waals surface area contributed by atoms with Crippen LogP contribution in [0.1, 0.15) is 43.9 Å². The summed E-state index contributed by atoms with van der Waals surface area (Å²) in [5, 5.41) is 2.94. The molecule has 38 heavy (non-hydrogen) atoms. The largest absolute Gasteiger partial charge is 0.352 e. The maximum absolute atomic E-state index is 13.9. The summed E-state index contributed by atoms with van der Waals surface area (Å²) in [6, 6.07) is 22.0. The lowest BCUT2D eigenvalue weighted by molar-refractivity contribution is -0.139. The number of hydrogen-bond acceptors (Lipinski definition) is 4. The molecule has 202 valence electrons. The third-order valence-corrected chi connectivity index (χ3v) is 8.26. The SMILES string of the molecule is CC[C@@H](C)NC(=O)[C@@H](C)N(Cc1ccccc1)C(=O)CN(c1cc(C)cc(C)c1)S(=O)(=O)c1ccccc1. The third-order valence-electron chi connectivity index (χ3n) is 6.47. The molecule has 0 saturated carbocycles. The first kappa shape index (κ1) is 28.9. The van der Waals surface area contributed by atoms with Crippen molar-refractivity contribution in [3.63, 3.8) is 0 Å². The minimum absolute atomic E-state index is 0.0520. The molecule has 7 nitrogen and oxygen atoms in total. The van der Waals surface area contributed by atoms with Gasteiger partial charge in [-0.25, -0.2) is 8.42 Å². The Kier molecular flexibility index (Phi) is 9.69. The van der Waals surface area contributed by atoms with Gasteiger partial charge in [0, 0.05) is 12.6 Å². The molecule has 8 heteroatoms. The van der Waals surface area contributed by atoms with Crippen molar-refractivity contribution in [3.05, 3.63) is 95.6 Å². The van der Waals surface area contributed by atoms with Crippen LogP contribution >= 0.6 is 0 Å². The van der Waals surface area contributed by atoms with Crippen LogP contribution < -0.4 is 9.62 Å². The average Bonchev–Trinajstić information content (AvgIpc) is 2.90. The van der Waals surface area contributed by atoms with E-state index in [1.54, 1.807) is 37.3 Å². The van der Waals surface area contributed by atoms with Crippen LogP contribution in [0.5, 0.6) is 0 Å². The van der Waals surface area contributed by atoms with Gasteiger partial charge in [0.15, 0.2) is 0 Å². The predicted octanol–water partition coefficient (Wildman–Crippen LogP) is 4.83. The van der Waals surface area contributed by atoms with Gasteiger partial charge in [-0.3, -0.25) is 13.9 Å². The molecule has 3 rings (SSSR count). The van der Waals surface area contributed by atoms with E-state index in [1.807, 2.05) is 64.1 Å². The van der Waals surface area contributed by atoms with Crippen molar-refractivity contribution in [2.45, 2.75) is 64.6 Å². The van der Waals surface area contributed by atoms with E-state index < -0.39 is 28.5 Å². The zero-order chi connectivity index (χ0) is 27.9.